The lowest BCUT2D eigenvalue weighted by Crippen LogP contribution is -2.34. The van der Waals surface area contributed by atoms with Gasteiger partial charge in [-0.25, -0.2) is 0 Å². The van der Waals surface area contributed by atoms with Gasteiger partial charge in [0.15, 0.2) is 0 Å². The summed E-state index contributed by atoms with van der Waals surface area (Å²) in [5.74, 6) is -0.360. The highest BCUT2D eigenvalue weighted by molar-refractivity contribution is 9.13. The van der Waals surface area contributed by atoms with Crippen molar-refractivity contribution in [1.82, 2.24) is 0 Å². The van der Waals surface area contributed by atoms with Gasteiger partial charge in [0.1, 0.15) is 6.04 Å². The maximum Gasteiger partial charge on any atom is 0.323 e. The molecule has 0 radical (unpaired) electrons. The van der Waals surface area contributed by atoms with Gasteiger partial charge in [-0.1, -0.05) is 6.07 Å². The van der Waals surface area contributed by atoms with Crippen LogP contribution in [0.4, 0.5) is 0 Å². The van der Waals surface area contributed by atoms with Gasteiger partial charge in [-0.3, -0.25) is 4.79 Å². The first-order valence-electron chi connectivity index (χ1n) is 4.90. The van der Waals surface area contributed by atoms with Crippen molar-refractivity contribution >= 4 is 37.8 Å². The third-order valence-corrected chi connectivity index (χ3v) is 3.91. The Morgan fingerprint density at radius 1 is 1.44 bits per heavy atom. The van der Waals surface area contributed by atoms with E-state index in [9.17, 15) is 4.79 Å². The zero-order chi connectivity index (χ0) is 12.1. The monoisotopic (exact) mass is 349 g/mol. The molecule has 0 saturated carbocycles. The second-order valence-electron chi connectivity index (χ2n) is 3.31. The number of nitrogens with two attached hydrogens (primary N) is 1. The Balaban J connectivity index is 2.66. The number of carbonyl (C=O) groups is 1. The smallest absolute Gasteiger partial charge is 0.323 e. The lowest BCUT2D eigenvalue weighted by Gasteiger charge is -2.10. The van der Waals surface area contributed by atoms with E-state index in [-0.39, 0.29) is 5.97 Å². The first-order chi connectivity index (χ1) is 7.54. The highest BCUT2D eigenvalue weighted by Gasteiger charge is 2.15. The van der Waals surface area contributed by atoms with E-state index in [4.69, 9.17) is 10.5 Å². The van der Waals surface area contributed by atoms with Crippen molar-refractivity contribution in [2.75, 3.05) is 6.61 Å². The van der Waals surface area contributed by atoms with E-state index in [0.717, 1.165) is 14.5 Å². The Bertz CT molecular complexity index is 382. The molecule has 0 fully saturated rings. The number of hydrogen-bond acceptors (Lipinski definition) is 3. The second-order valence-corrected chi connectivity index (χ2v) is 5.02. The largest absolute Gasteiger partial charge is 0.465 e. The van der Waals surface area contributed by atoms with E-state index in [2.05, 4.69) is 31.9 Å². The zero-order valence-electron chi connectivity index (χ0n) is 8.87. The van der Waals surface area contributed by atoms with E-state index < -0.39 is 6.04 Å². The van der Waals surface area contributed by atoms with Crippen molar-refractivity contribution < 1.29 is 9.53 Å². The fraction of sp³-hybridized carbons (Fsp3) is 0.364. The normalized spacial score (nSPS) is 12.2. The summed E-state index contributed by atoms with van der Waals surface area (Å²) in [5.41, 5.74) is 6.72. The molecule has 1 aromatic carbocycles. The van der Waals surface area contributed by atoms with Gasteiger partial charge in [0.25, 0.3) is 0 Å². The molecule has 5 heteroatoms. The van der Waals surface area contributed by atoms with Crippen LogP contribution in [0, 0.1) is 0 Å². The summed E-state index contributed by atoms with van der Waals surface area (Å²) in [5, 5.41) is 0. The number of rotatable bonds is 4. The molecule has 1 atom stereocenters. The molecule has 0 saturated heterocycles. The van der Waals surface area contributed by atoms with Crippen LogP contribution in [-0.4, -0.2) is 18.6 Å². The number of carbonyl (C=O) groups excluding carboxylic acids is 1. The minimum atomic E-state index is -0.604. The molecule has 0 heterocycles. The maximum atomic E-state index is 11.3. The van der Waals surface area contributed by atoms with E-state index in [1.807, 2.05) is 18.2 Å². The van der Waals surface area contributed by atoms with E-state index in [1.54, 1.807) is 6.92 Å². The van der Waals surface area contributed by atoms with Crippen molar-refractivity contribution in [3.05, 3.63) is 32.7 Å². The molecule has 0 amide bonds. The Morgan fingerprint density at radius 2 is 2.12 bits per heavy atom. The van der Waals surface area contributed by atoms with Gasteiger partial charge in [-0.05, 0) is 62.9 Å². The van der Waals surface area contributed by atoms with Gasteiger partial charge >= 0.3 is 5.97 Å². The van der Waals surface area contributed by atoms with Gasteiger partial charge in [0, 0.05) is 8.95 Å². The van der Waals surface area contributed by atoms with Gasteiger partial charge in [0.05, 0.1) is 6.61 Å². The van der Waals surface area contributed by atoms with Crippen molar-refractivity contribution in [2.45, 2.75) is 19.4 Å². The highest BCUT2D eigenvalue weighted by atomic mass is 79.9. The van der Waals surface area contributed by atoms with Crippen molar-refractivity contribution in [2.24, 2.45) is 5.73 Å². The van der Waals surface area contributed by atoms with Crippen LogP contribution in [0.15, 0.2) is 27.1 Å². The third-order valence-electron chi connectivity index (χ3n) is 2.03. The molecule has 0 aliphatic carbocycles. The van der Waals surface area contributed by atoms with Crippen molar-refractivity contribution in [3.63, 3.8) is 0 Å². The summed E-state index contributed by atoms with van der Waals surface area (Å²) in [6, 6.07) is 5.17. The van der Waals surface area contributed by atoms with E-state index >= 15 is 0 Å². The van der Waals surface area contributed by atoms with E-state index in [0.29, 0.717) is 13.0 Å². The molecule has 1 rings (SSSR count). The predicted molar refractivity (Wildman–Crippen MR) is 70.2 cm³/mol. The molecule has 0 aliphatic heterocycles. The average Bonchev–Trinajstić information content (AvgIpc) is 2.24. The molecule has 3 nitrogen and oxygen atoms in total. The quantitative estimate of drug-likeness (QED) is 0.849. The van der Waals surface area contributed by atoms with Crippen LogP contribution >= 0.6 is 31.9 Å². The standard InChI is InChI=1S/C11H13Br2NO2/c1-2-16-11(15)10(14)6-7-3-4-8(12)9(13)5-7/h3-5,10H,2,6,14H2,1H3/t10-/m0/s1. The summed E-state index contributed by atoms with van der Waals surface area (Å²) < 4.78 is 6.76. The van der Waals surface area contributed by atoms with Crippen molar-refractivity contribution in [3.8, 4) is 0 Å². The Morgan fingerprint density at radius 3 is 2.69 bits per heavy atom. The highest BCUT2D eigenvalue weighted by Crippen LogP contribution is 2.24. The molecule has 0 aliphatic rings. The third kappa shape index (κ3) is 3.88. The first-order valence-corrected chi connectivity index (χ1v) is 6.49. The zero-order valence-corrected chi connectivity index (χ0v) is 12.0. The van der Waals surface area contributed by atoms with Crippen LogP contribution in [0.5, 0.6) is 0 Å². The van der Waals surface area contributed by atoms with Crippen LogP contribution in [0.1, 0.15) is 12.5 Å². The maximum absolute atomic E-state index is 11.3. The Labute approximate surface area is 112 Å². The number of halogens is 2. The van der Waals surface area contributed by atoms with Crippen molar-refractivity contribution in [1.29, 1.82) is 0 Å². The lowest BCUT2D eigenvalue weighted by atomic mass is 10.1. The molecule has 1 aromatic rings. The predicted octanol–water partition coefficient (Wildman–Crippen LogP) is 2.64. The number of hydrogen-bond donors (Lipinski definition) is 1. The molecule has 16 heavy (non-hydrogen) atoms. The second kappa shape index (κ2) is 6.37. The molecule has 0 unspecified atom stereocenters. The molecule has 88 valence electrons. The summed E-state index contributed by atoms with van der Waals surface area (Å²) in [6.07, 6.45) is 0.477. The number of benzene rings is 1. The van der Waals surface area contributed by atoms with Crippen LogP contribution in [0.2, 0.25) is 0 Å². The molecule has 2 N–H and O–H groups in total. The van der Waals surface area contributed by atoms with Crippen LogP contribution < -0.4 is 5.73 Å². The summed E-state index contributed by atoms with van der Waals surface area (Å²) in [7, 11) is 0. The Kier molecular flexibility index (Phi) is 5.44. The molecular weight excluding hydrogens is 338 g/mol. The topological polar surface area (TPSA) is 52.3 Å². The fourth-order valence-electron chi connectivity index (χ4n) is 1.25. The van der Waals surface area contributed by atoms with Gasteiger partial charge < -0.3 is 10.5 Å². The van der Waals surface area contributed by atoms with Gasteiger partial charge in [0.2, 0.25) is 0 Å². The number of esters is 1. The number of ether oxygens (including phenoxy) is 1. The first kappa shape index (κ1) is 13.7. The van der Waals surface area contributed by atoms with E-state index in [1.165, 1.54) is 0 Å². The van der Waals surface area contributed by atoms with Gasteiger partial charge in [-0.2, -0.15) is 0 Å². The van der Waals surface area contributed by atoms with Crippen LogP contribution in [0.3, 0.4) is 0 Å². The minimum Gasteiger partial charge on any atom is -0.465 e. The Hall–Kier alpha value is -0.390. The molecule has 0 aromatic heterocycles. The minimum absolute atomic E-state index is 0.358. The van der Waals surface area contributed by atoms with Gasteiger partial charge in [-0.15, -0.1) is 0 Å². The molecule has 0 bridgehead atoms. The average molecular weight is 351 g/mol. The SMILES string of the molecule is CCOC(=O)[C@@H](N)Cc1ccc(Br)c(Br)c1. The fourth-order valence-corrected chi connectivity index (χ4v) is 1.93. The van der Waals surface area contributed by atoms with Crippen LogP contribution in [0.25, 0.3) is 0 Å². The van der Waals surface area contributed by atoms with Crippen LogP contribution in [-0.2, 0) is 16.0 Å². The lowest BCUT2D eigenvalue weighted by molar-refractivity contribution is -0.144. The summed E-state index contributed by atoms with van der Waals surface area (Å²) >= 11 is 6.78. The summed E-state index contributed by atoms with van der Waals surface area (Å²) in [4.78, 5) is 11.3. The summed E-state index contributed by atoms with van der Waals surface area (Å²) in [6.45, 7) is 2.12. The molecular formula is C11H13Br2NO2. The molecule has 0 spiro atoms.